The molecule has 9 nitrogen and oxygen atoms in total. The van der Waals surface area contributed by atoms with Gasteiger partial charge in [0.05, 0.1) is 19.1 Å². The van der Waals surface area contributed by atoms with Gasteiger partial charge in [0.25, 0.3) is 5.91 Å². The van der Waals surface area contributed by atoms with Crippen LogP contribution in [0.2, 0.25) is 0 Å². The van der Waals surface area contributed by atoms with Crippen molar-refractivity contribution >= 4 is 81.2 Å². The number of thiophene rings is 2. The number of furan rings is 2. The number of carbonyl (C=O) groups excluding carboxylic acids is 4. The second-order valence-electron chi connectivity index (χ2n) is 7.76. The van der Waals surface area contributed by atoms with Crippen molar-refractivity contribution in [2.24, 2.45) is 0 Å². The van der Waals surface area contributed by atoms with Crippen LogP contribution >= 0.6 is 46.7 Å². The van der Waals surface area contributed by atoms with Crippen LogP contribution in [0.3, 0.4) is 0 Å². The van der Waals surface area contributed by atoms with Gasteiger partial charge in [0.15, 0.2) is 12.0 Å². The molecule has 40 heavy (non-hydrogen) atoms. The zero-order chi connectivity index (χ0) is 28.8. The van der Waals surface area contributed by atoms with Crippen LogP contribution in [0.4, 0.5) is 0 Å². The number of thiocarbonyl (C=S) groups is 1. The molecule has 5 rings (SSSR count). The standard InChI is InChI=1S/C16H13NO4S3.C11H8O4S/c1-3-17-14(18)12(24-16(17)22)8-9-4-5-11(21-9)10-6-7-23-13(10)15(19)20-2;1-14-11(13)10-8(4-5-16-10)9-3-2-7(6-12)15-9/h4-8H,3H2,1-2H3;2-6H,1H3. The first-order chi connectivity index (χ1) is 19.3. The van der Waals surface area contributed by atoms with Gasteiger partial charge in [0.1, 0.15) is 31.4 Å². The molecule has 4 aromatic heterocycles. The molecule has 0 spiro atoms. The maximum Gasteiger partial charge on any atom is 0.348 e. The number of thioether (sulfide) groups is 1. The van der Waals surface area contributed by atoms with E-state index in [1.807, 2.05) is 6.92 Å². The van der Waals surface area contributed by atoms with E-state index >= 15 is 0 Å². The highest BCUT2D eigenvalue weighted by atomic mass is 32.2. The van der Waals surface area contributed by atoms with Gasteiger partial charge in [-0.05, 0) is 54.1 Å². The summed E-state index contributed by atoms with van der Waals surface area (Å²) in [6.07, 6.45) is 2.29. The number of hydrogen-bond acceptors (Lipinski definition) is 12. The van der Waals surface area contributed by atoms with Crippen molar-refractivity contribution in [2.75, 3.05) is 20.8 Å². The molecule has 13 heteroatoms. The van der Waals surface area contributed by atoms with E-state index in [2.05, 4.69) is 4.74 Å². The minimum Gasteiger partial charge on any atom is -0.465 e. The Morgan fingerprint density at radius 3 is 1.88 bits per heavy atom. The molecule has 0 bridgehead atoms. The zero-order valence-corrected chi connectivity index (χ0v) is 24.6. The number of likely N-dealkylation sites (N-methyl/N-ethyl adjacent to an activating group) is 1. The minimum absolute atomic E-state index is 0.115. The van der Waals surface area contributed by atoms with Crippen molar-refractivity contribution in [3.8, 4) is 22.6 Å². The minimum atomic E-state index is -0.408. The van der Waals surface area contributed by atoms with Crippen LogP contribution in [-0.2, 0) is 14.3 Å². The molecule has 0 unspecified atom stereocenters. The van der Waals surface area contributed by atoms with Gasteiger partial charge < -0.3 is 18.3 Å². The van der Waals surface area contributed by atoms with Crippen molar-refractivity contribution in [1.29, 1.82) is 0 Å². The molecule has 1 fully saturated rings. The third kappa shape index (κ3) is 6.17. The molecule has 4 aromatic rings. The van der Waals surface area contributed by atoms with Crippen molar-refractivity contribution in [2.45, 2.75) is 6.92 Å². The summed E-state index contributed by atoms with van der Waals surface area (Å²) >= 11 is 9.00. The molecular formula is C27H21NO8S4. The van der Waals surface area contributed by atoms with Crippen molar-refractivity contribution in [3.05, 3.63) is 73.3 Å². The second-order valence-corrected chi connectivity index (χ2v) is 11.3. The lowest BCUT2D eigenvalue weighted by molar-refractivity contribution is -0.122. The molecule has 0 saturated carbocycles. The molecule has 0 aromatic carbocycles. The van der Waals surface area contributed by atoms with Gasteiger partial charge in [-0.1, -0.05) is 24.0 Å². The summed E-state index contributed by atoms with van der Waals surface area (Å²) < 4.78 is 21.0. The van der Waals surface area contributed by atoms with E-state index in [-0.39, 0.29) is 11.7 Å². The number of carbonyl (C=O) groups is 4. The zero-order valence-electron chi connectivity index (χ0n) is 21.3. The summed E-state index contributed by atoms with van der Waals surface area (Å²) in [6, 6.07) is 10.3. The number of amides is 1. The van der Waals surface area contributed by atoms with Crippen LogP contribution in [0.5, 0.6) is 0 Å². The van der Waals surface area contributed by atoms with Crippen LogP contribution < -0.4 is 0 Å². The highest BCUT2D eigenvalue weighted by Gasteiger charge is 2.31. The summed E-state index contributed by atoms with van der Waals surface area (Å²) in [5, 5.41) is 3.57. The smallest absolute Gasteiger partial charge is 0.348 e. The molecule has 206 valence electrons. The molecule has 1 saturated heterocycles. The van der Waals surface area contributed by atoms with Gasteiger partial charge in [0, 0.05) is 23.7 Å². The molecular weight excluding hydrogens is 595 g/mol. The Morgan fingerprint density at radius 2 is 1.43 bits per heavy atom. The van der Waals surface area contributed by atoms with Crippen LogP contribution in [0, 0.1) is 0 Å². The SMILES string of the molecule is CCN1C(=O)C(=Cc2ccc(-c3ccsc3C(=O)OC)o2)SC1=S.COC(=O)c1sccc1-c1ccc(C=O)o1. The van der Waals surface area contributed by atoms with E-state index < -0.39 is 11.9 Å². The number of hydrogen-bond donors (Lipinski definition) is 0. The summed E-state index contributed by atoms with van der Waals surface area (Å²) in [5.74, 6) is 0.880. The van der Waals surface area contributed by atoms with Crippen LogP contribution in [0.1, 0.15) is 42.6 Å². The third-order valence-corrected chi connectivity index (χ3v) is 8.60. The lowest BCUT2D eigenvalue weighted by atomic mass is 10.2. The number of methoxy groups -OCH3 is 2. The van der Waals surface area contributed by atoms with Gasteiger partial charge in [-0.3, -0.25) is 14.5 Å². The highest BCUT2D eigenvalue weighted by Crippen LogP contribution is 2.35. The normalized spacial score (nSPS) is 13.8. The summed E-state index contributed by atoms with van der Waals surface area (Å²) in [5.41, 5.74) is 1.32. The number of nitrogens with zero attached hydrogens (tertiary/aromatic N) is 1. The Labute approximate surface area is 246 Å². The molecule has 1 aliphatic heterocycles. The Morgan fingerprint density at radius 1 is 0.900 bits per heavy atom. The highest BCUT2D eigenvalue weighted by molar-refractivity contribution is 8.26. The van der Waals surface area contributed by atoms with Crippen molar-refractivity contribution in [1.82, 2.24) is 4.90 Å². The molecule has 0 aliphatic carbocycles. The Kier molecular flexibility index (Phi) is 9.53. The topological polar surface area (TPSA) is 116 Å². The average molecular weight is 616 g/mol. The predicted molar refractivity (Wildman–Crippen MR) is 158 cm³/mol. The summed E-state index contributed by atoms with van der Waals surface area (Å²) in [4.78, 5) is 48.9. The molecule has 0 N–H and O–H groups in total. The number of ether oxygens (including phenoxy) is 2. The first kappa shape index (κ1) is 29.2. The van der Waals surface area contributed by atoms with E-state index in [1.54, 1.807) is 58.1 Å². The van der Waals surface area contributed by atoms with Gasteiger partial charge in [-0.15, -0.1) is 22.7 Å². The Balaban J connectivity index is 0.000000201. The molecule has 1 amide bonds. The number of rotatable bonds is 7. The van der Waals surface area contributed by atoms with E-state index in [1.165, 1.54) is 48.7 Å². The van der Waals surface area contributed by atoms with Crippen molar-refractivity contribution in [3.63, 3.8) is 0 Å². The van der Waals surface area contributed by atoms with Crippen LogP contribution in [0.15, 0.2) is 60.9 Å². The van der Waals surface area contributed by atoms with E-state index in [0.717, 1.165) is 0 Å². The molecule has 0 atom stereocenters. The maximum atomic E-state index is 12.2. The van der Waals surface area contributed by atoms with E-state index in [4.69, 9.17) is 25.8 Å². The quantitative estimate of drug-likeness (QED) is 0.0971. The first-order valence-electron chi connectivity index (χ1n) is 11.5. The lowest BCUT2D eigenvalue weighted by Crippen LogP contribution is -2.27. The van der Waals surface area contributed by atoms with Crippen LogP contribution in [-0.4, -0.2) is 54.1 Å². The fourth-order valence-electron chi connectivity index (χ4n) is 3.55. The van der Waals surface area contributed by atoms with Gasteiger partial charge in [-0.2, -0.15) is 0 Å². The largest absolute Gasteiger partial charge is 0.465 e. The van der Waals surface area contributed by atoms with Gasteiger partial charge >= 0.3 is 11.9 Å². The third-order valence-electron chi connectivity index (χ3n) is 5.44. The molecule has 0 radical (unpaired) electrons. The fourth-order valence-corrected chi connectivity index (χ4v) is 6.54. The number of esters is 2. The number of aldehydes is 1. The van der Waals surface area contributed by atoms with Crippen molar-refractivity contribution < 1.29 is 37.5 Å². The molecule has 1 aliphatic rings. The van der Waals surface area contributed by atoms with Gasteiger partial charge in [-0.25, -0.2) is 9.59 Å². The first-order valence-corrected chi connectivity index (χ1v) is 14.5. The fraction of sp³-hybridized carbons (Fsp3) is 0.148. The van der Waals surface area contributed by atoms with E-state index in [9.17, 15) is 19.2 Å². The summed E-state index contributed by atoms with van der Waals surface area (Å²) in [6.45, 7) is 2.42. The monoisotopic (exact) mass is 615 g/mol. The van der Waals surface area contributed by atoms with Crippen LogP contribution in [0.25, 0.3) is 28.7 Å². The lowest BCUT2D eigenvalue weighted by Gasteiger charge is -2.09. The Bertz CT molecular complexity index is 1610. The predicted octanol–water partition coefficient (Wildman–Crippen LogP) is 6.62. The van der Waals surface area contributed by atoms with E-state index in [0.29, 0.717) is 60.2 Å². The average Bonchev–Trinajstić information content (AvgIpc) is 3.79. The summed E-state index contributed by atoms with van der Waals surface area (Å²) in [7, 11) is 2.67. The van der Waals surface area contributed by atoms with Gasteiger partial charge in [0.2, 0.25) is 0 Å². The maximum absolute atomic E-state index is 12.2. The Hall–Kier alpha value is -3.78. The second kappa shape index (κ2) is 13.0. The molecule has 5 heterocycles.